The molecule has 2 aromatic carbocycles. The SMILES string of the molecule is Cc1cccc(NC(=O)CN2C(=O)C(c3ccccc3)=NC23CCCCC3)c1C. The Morgan fingerprint density at radius 2 is 1.76 bits per heavy atom. The number of hydrogen-bond acceptors (Lipinski definition) is 3. The number of aliphatic imine (C=N–C) groups is 1. The number of anilines is 1. The molecule has 1 saturated carbocycles. The van der Waals surface area contributed by atoms with E-state index < -0.39 is 5.66 Å². The number of aryl methyl sites for hydroxylation is 1. The molecule has 0 aromatic heterocycles. The van der Waals surface area contributed by atoms with Gasteiger partial charge in [0.2, 0.25) is 5.91 Å². The van der Waals surface area contributed by atoms with Gasteiger partial charge in [0.1, 0.15) is 17.9 Å². The average molecular weight is 389 g/mol. The number of nitrogens with one attached hydrogen (secondary N) is 1. The van der Waals surface area contributed by atoms with E-state index in [0.29, 0.717) is 5.71 Å². The van der Waals surface area contributed by atoms with Gasteiger partial charge in [0.25, 0.3) is 5.91 Å². The molecule has 0 atom stereocenters. The first kappa shape index (κ1) is 19.4. The second-order valence-corrected chi connectivity index (χ2v) is 8.06. The maximum absolute atomic E-state index is 13.3. The van der Waals surface area contributed by atoms with Crippen molar-refractivity contribution in [2.24, 2.45) is 4.99 Å². The topological polar surface area (TPSA) is 61.8 Å². The minimum atomic E-state index is -0.584. The van der Waals surface area contributed by atoms with E-state index in [1.54, 1.807) is 4.90 Å². The largest absolute Gasteiger partial charge is 0.324 e. The van der Waals surface area contributed by atoms with E-state index in [0.717, 1.165) is 54.5 Å². The molecule has 0 radical (unpaired) electrons. The average Bonchev–Trinajstić information content (AvgIpc) is 2.98. The highest BCUT2D eigenvalue weighted by Crippen LogP contribution is 2.39. The van der Waals surface area contributed by atoms with Crippen LogP contribution in [0.5, 0.6) is 0 Å². The van der Waals surface area contributed by atoms with Crippen molar-refractivity contribution in [1.82, 2.24) is 4.90 Å². The number of benzene rings is 2. The van der Waals surface area contributed by atoms with Crippen molar-refractivity contribution < 1.29 is 9.59 Å². The van der Waals surface area contributed by atoms with Gasteiger partial charge < -0.3 is 10.2 Å². The van der Waals surface area contributed by atoms with Gasteiger partial charge in [-0.05, 0) is 56.7 Å². The van der Waals surface area contributed by atoms with Crippen LogP contribution in [0.25, 0.3) is 0 Å². The van der Waals surface area contributed by atoms with Crippen molar-refractivity contribution in [3.05, 3.63) is 65.2 Å². The molecule has 1 spiro atoms. The summed E-state index contributed by atoms with van der Waals surface area (Å²) < 4.78 is 0. The van der Waals surface area contributed by atoms with Crippen LogP contribution in [-0.4, -0.2) is 34.6 Å². The third-order valence-electron chi connectivity index (χ3n) is 6.15. The van der Waals surface area contributed by atoms with Crippen molar-refractivity contribution in [2.75, 3.05) is 11.9 Å². The zero-order valence-electron chi connectivity index (χ0n) is 17.1. The minimum absolute atomic E-state index is 0.0199. The third kappa shape index (κ3) is 3.69. The molecule has 0 bridgehead atoms. The fourth-order valence-electron chi connectivity index (χ4n) is 4.36. The Balaban J connectivity index is 1.59. The van der Waals surface area contributed by atoms with Gasteiger partial charge in [-0.2, -0.15) is 0 Å². The second kappa shape index (κ2) is 7.82. The molecule has 5 nitrogen and oxygen atoms in total. The predicted molar refractivity (Wildman–Crippen MR) is 115 cm³/mol. The first-order chi connectivity index (χ1) is 14.0. The molecular weight excluding hydrogens is 362 g/mol. The van der Waals surface area contributed by atoms with Crippen LogP contribution in [0.2, 0.25) is 0 Å². The van der Waals surface area contributed by atoms with E-state index in [1.165, 1.54) is 0 Å². The van der Waals surface area contributed by atoms with Gasteiger partial charge >= 0.3 is 0 Å². The van der Waals surface area contributed by atoms with Crippen LogP contribution in [0.1, 0.15) is 48.8 Å². The highest BCUT2D eigenvalue weighted by atomic mass is 16.2. The molecular formula is C24H27N3O2. The smallest absolute Gasteiger partial charge is 0.275 e. The van der Waals surface area contributed by atoms with Crippen molar-refractivity contribution in [1.29, 1.82) is 0 Å². The van der Waals surface area contributed by atoms with Gasteiger partial charge in [-0.25, -0.2) is 0 Å². The standard InChI is InChI=1S/C24H27N3O2/c1-17-10-9-13-20(18(17)2)25-21(28)16-27-23(29)22(19-11-5-3-6-12-19)26-24(27)14-7-4-8-15-24/h3,5-6,9-13H,4,7-8,14-16H2,1-2H3,(H,25,28). The van der Waals surface area contributed by atoms with E-state index in [-0.39, 0.29) is 18.4 Å². The fraction of sp³-hybridized carbons (Fsp3) is 0.375. The zero-order chi connectivity index (χ0) is 20.4. The van der Waals surface area contributed by atoms with E-state index in [4.69, 9.17) is 4.99 Å². The molecule has 1 heterocycles. The molecule has 1 aliphatic carbocycles. The van der Waals surface area contributed by atoms with Crippen LogP contribution < -0.4 is 5.32 Å². The molecule has 2 aliphatic rings. The molecule has 1 N–H and O–H groups in total. The van der Waals surface area contributed by atoms with Gasteiger partial charge in [0, 0.05) is 11.3 Å². The Morgan fingerprint density at radius 3 is 2.48 bits per heavy atom. The zero-order valence-corrected chi connectivity index (χ0v) is 17.1. The number of nitrogens with zero attached hydrogens (tertiary/aromatic N) is 2. The summed E-state index contributed by atoms with van der Waals surface area (Å²) in [5.41, 5.74) is 3.68. The van der Waals surface area contributed by atoms with Crippen LogP contribution in [0.15, 0.2) is 53.5 Å². The van der Waals surface area contributed by atoms with E-state index >= 15 is 0 Å². The number of rotatable bonds is 4. The normalized spacial score (nSPS) is 18.1. The predicted octanol–water partition coefficient (Wildman–Crippen LogP) is 4.23. The van der Waals surface area contributed by atoms with Crippen LogP contribution in [0.4, 0.5) is 5.69 Å². The van der Waals surface area contributed by atoms with Gasteiger partial charge in [-0.3, -0.25) is 14.6 Å². The van der Waals surface area contributed by atoms with Crippen LogP contribution in [0, 0.1) is 13.8 Å². The Hall–Kier alpha value is -2.95. The molecule has 0 saturated heterocycles. The second-order valence-electron chi connectivity index (χ2n) is 8.06. The molecule has 2 aromatic rings. The van der Waals surface area contributed by atoms with Crippen LogP contribution in [-0.2, 0) is 9.59 Å². The highest BCUT2D eigenvalue weighted by molar-refractivity contribution is 6.47. The maximum atomic E-state index is 13.3. The first-order valence-corrected chi connectivity index (χ1v) is 10.3. The summed E-state index contributed by atoms with van der Waals surface area (Å²) in [4.78, 5) is 32.8. The summed E-state index contributed by atoms with van der Waals surface area (Å²) >= 11 is 0. The van der Waals surface area contributed by atoms with E-state index in [1.807, 2.05) is 62.4 Å². The monoisotopic (exact) mass is 389 g/mol. The molecule has 2 amide bonds. The Kier molecular flexibility index (Phi) is 5.22. The summed E-state index contributed by atoms with van der Waals surface area (Å²) in [6.45, 7) is 4.03. The number of hydrogen-bond donors (Lipinski definition) is 1. The fourth-order valence-corrected chi connectivity index (χ4v) is 4.36. The third-order valence-corrected chi connectivity index (χ3v) is 6.15. The van der Waals surface area contributed by atoms with Crippen LogP contribution >= 0.6 is 0 Å². The Morgan fingerprint density at radius 1 is 1.03 bits per heavy atom. The lowest BCUT2D eigenvalue weighted by molar-refractivity contribution is -0.134. The minimum Gasteiger partial charge on any atom is -0.324 e. The Bertz CT molecular complexity index is 959. The van der Waals surface area contributed by atoms with Gasteiger partial charge in [-0.1, -0.05) is 48.9 Å². The summed E-state index contributed by atoms with van der Waals surface area (Å²) in [6, 6.07) is 15.4. The number of carbonyl (C=O) groups is 2. The first-order valence-electron chi connectivity index (χ1n) is 10.3. The highest BCUT2D eigenvalue weighted by Gasteiger charge is 2.48. The molecule has 0 unspecified atom stereocenters. The molecule has 150 valence electrons. The summed E-state index contributed by atoms with van der Waals surface area (Å²) in [5, 5.41) is 2.99. The van der Waals surface area contributed by atoms with Gasteiger partial charge in [-0.15, -0.1) is 0 Å². The molecule has 1 aliphatic heterocycles. The van der Waals surface area contributed by atoms with Crippen molar-refractivity contribution in [3.8, 4) is 0 Å². The lowest BCUT2D eigenvalue weighted by Gasteiger charge is -2.38. The summed E-state index contributed by atoms with van der Waals surface area (Å²) in [7, 11) is 0. The summed E-state index contributed by atoms with van der Waals surface area (Å²) in [6.07, 6.45) is 4.81. The van der Waals surface area contributed by atoms with Gasteiger partial charge in [0.15, 0.2) is 0 Å². The Labute approximate surface area is 171 Å². The maximum Gasteiger partial charge on any atom is 0.275 e. The molecule has 5 heteroatoms. The quantitative estimate of drug-likeness (QED) is 0.850. The van der Waals surface area contributed by atoms with Crippen molar-refractivity contribution >= 4 is 23.2 Å². The van der Waals surface area contributed by atoms with E-state index in [2.05, 4.69) is 5.32 Å². The van der Waals surface area contributed by atoms with Crippen molar-refractivity contribution in [3.63, 3.8) is 0 Å². The number of carbonyl (C=O) groups excluding carboxylic acids is 2. The van der Waals surface area contributed by atoms with Crippen molar-refractivity contribution in [2.45, 2.75) is 51.6 Å². The molecule has 4 rings (SSSR count). The molecule has 29 heavy (non-hydrogen) atoms. The van der Waals surface area contributed by atoms with Crippen LogP contribution in [0.3, 0.4) is 0 Å². The summed E-state index contributed by atoms with van der Waals surface area (Å²) in [5.74, 6) is -0.323. The molecule has 1 fully saturated rings. The van der Waals surface area contributed by atoms with E-state index in [9.17, 15) is 9.59 Å². The van der Waals surface area contributed by atoms with Gasteiger partial charge in [0.05, 0.1) is 0 Å². The number of amides is 2. The lowest BCUT2D eigenvalue weighted by Crippen LogP contribution is -2.51. The lowest BCUT2D eigenvalue weighted by atomic mass is 9.88.